The summed E-state index contributed by atoms with van der Waals surface area (Å²) in [6.07, 6.45) is 0.584. The second-order valence-corrected chi connectivity index (χ2v) is 2.71. The topological polar surface area (TPSA) is 66.4 Å². The summed E-state index contributed by atoms with van der Waals surface area (Å²) in [6, 6.07) is 0. The van der Waals surface area contributed by atoms with Crippen LogP contribution in [-0.2, 0) is 9.59 Å². The van der Waals surface area contributed by atoms with Crippen molar-refractivity contribution in [3.8, 4) is 0 Å². The van der Waals surface area contributed by atoms with Crippen molar-refractivity contribution >= 4 is 11.7 Å². The van der Waals surface area contributed by atoms with E-state index in [0.717, 1.165) is 0 Å². The van der Waals surface area contributed by atoms with E-state index in [4.69, 9.17) is 5.11 Å². The number of ketones is 1. The van der Waals surface area contributed by atoms with Crippen molar-refractivity contribution in [2.45, 2.75) is 20.3 Å². The van der Waals surface area contributed by atoms with Crippen molar-refractivity contribution in [1.29, 1.82) is 0 Å². The lowest BCUT2D eigenvalue weighted by Crippen LogP contribution is -2.35. The van der Waals surface area contributed by atoms with Gasteiger partial charge in [-0.1, -0.05) is 6.92 Å². The lowest BCUT2D eigenvalue weighted by Gasteiger charge is -2.10. The van der Waals surface area contributed by atoms with Gasteiger partial charge in [-0.2, -0.15) is 0 Å². The third-order valence-corrected chi connectivity index (χ3v) is 1.60. The fourth-order valence-corrected chi connectivity index (χ4v) is 0.753. The molecule has 2 N–H and O–H groups in total. The SMILES string of the molecule is CCC(CO)C(=O)NCC(C)=O. The Kier molecular flexibility index (Phi) is 5.28. The predicted octanol–water partition coefficient (Wildman–Crippen LogP) is -0.290. The number of carbonyl (C=O) groups excluding carboxylic acids is 2. The molecule has 1 unspecified atom stereocenters. The highest BCUT2D eigenvalue weighted by atomic mass is 16.3. The van der Waals surface area contributed by atoms with Crippen LogP contribution >= 0.6 is 0 Å². The third kappa shape index (κ3) is 4.08. The average molecular weight is 173 g/mol. The molecule has 1 amide bonds. The minimum Gasteiger partial charge on any atom is -0.396 e. The molecule has 0 aliphatic heterocycles. The molecule has 0 aliphatic carbocycles. The number of hydrogen-bond acceptors (Lipinski definition) is 3. The highest BCUT2D eigenvalue weighted by Gasteiger charge is 2.14. The van der Waals surface area contributed by atoms with Crippen LogP contribution in [0.1, 0.15) is 20.3 Å². The molecule has 70 valence electrons. The zero-order valence-electron chi connectivity index (χ0n) is 7.46. The number of nitrogens with one attached hydrogen (secondary N) is 1. The minimum absolute atomic E-state index is 0.0509. The highest BCUT2D eigenvalue weighted by Crippen LogP contribution is 1.99. The molecule has 12 heavy (non-hydrogen) atoms. The number of carbonyl (C=O) groups is 2. The molecular formula is C8H15NO3. The number of aliphatic hydroxyl groups is 1. The van der Waals surface area contributed by atoms with E-state index < -0.39 is 0 Å². The zero-order chi connectivity index (χ0) is 9.56. The van der Waals surface area contributed by atoms with Gasteiger partial charge in [0.05, 0.1) is 19.1 Å². The van der Waals surface area contributed by atoms with Crippen molar-refractivity contribution in [3.05, 3.63) is 0 Å². The van der Waals surface area contributed by atoms with Gasteiger partial charge >= 0.3 is 0 Å². The quantitative estimate of drug-likeness (QED) is 0.600. The van der Waals surface area contributed by atoms with Gasteiger partial charge in [0.15, 0.2) is 0 Å². The first-order valence-corrected chi connectivity index (χ1v) is 3.99. The molecule has 1 atom stereocenters. The largest absolute Gasteiger partial charge is 0.396 e. The first-order valence-electron chi connectivity index (χ1n) is 3.99. The molecule has 0 spiro atoms. The normalized spacial score (nSPS) is 12.2. The van der Waals surface area contributed by atoms with Crippen LogP contribution in [0.4, 0.5) is 0 Å². The Morgan fingerprint density at radius 3 is 2.42 bits per heavy atom. The molecule has 0 heterocycles. The van der Waals surface area contributed by atoms with Gasteiger partial charge in [-0.3, -0.25) is 9.59 Å². The van der Waals surface area contributed by atoms with Gasteiger partial charge in [0.1, 0.15) is 5.78 Å². The average Bonchev–Trinajstić information content (AvgIpc) is 2.03. The maximum atomic E-state index is 11.1. The molecule has 0 aromatic rings. The maximum Gasteiger partial charge on any atom is 0.225 e. The summed E-state index contributed by atoms with van der Waals surface area (Å²) < 4.78 is 0. The molecule has 4 nitrogen and oxygen atoms in total. The molecule has 0 fully saturated rings. The minimum atomic E-state index is -0.385. The summed E-state index contributed by atoms with van der Waals surface area (Å²) in [4.78, 5) is 21.6. The fraction of sp³-hybridized carbons (Fsp3) is 0.750. The second-order valence-electron chi connectivity index (χ2n) is 2.71. The van der Waals surface area contributed by atoms with Crippen LogP contribution < -0.4 is 5.32 Å². The summed E-state index contributed by atoms with van der Waals surface area (Å²) in [5.41, 5.74) is 0. The Hall–Kier alpha value is -0.900. The van der Waals surface area contributed by atoms with Gasteiger partial charge in [0.25, 0.3) is 0 Å². The molecule has 0 saturated carbocycles. The van der Waals surface area contributed by atoms with Crippen molar-refractivity contribution in [2.24, 2.45) is 5.92 Å². The van der Waals surface area contributed by atoms with E-state index in [1.807, 2.05) is 6.92 Å². The summed E-state index contributed by atoms with van der Waals surface area (Å²) in [7, 11) is 0. The molecule has 0 bridgehead atoms. The Labute approximate surface area is 72.0 Å². The van der Waals surface area contributed by atoms with E-state index >= 15 is 0 Å². The summed E-state index contributed by atoms with van der Waals surface area (Å²) in [5.74, 6) is -0.726. The van der Waals surface area contributed by atoms with E-state index in [1.165, 1.54) is 6.92 Å². The predicted molar refractivity (Wildman–Crippen MR) is 44.6 cm³/mol. The number of rotatable bonds is 5. The van der Waals surface area contributed by atoms with Crippen LogP contribution in [0.2, 0.25) is 0 Å². The Morgan fingerprint density at radius 1 is 1.50 bits per heavy atom. The zero-order valence-corrected chi connectivity index (χ0v) is 7.46. The summed E-state index contributed by atoms with van der Waals surface area (Å²) >= 11 is 0. The van der Waals surface area contributed by atoms with E-state index in [9.17, 15) is 9.59 Å². The van der Waals surface area contributed by atoms with Gasteiger partial charge in [-0.15, -0.1) is 0 Å². The van der Waals surface area contributed by atoms with Crippen LogP contribution in [0, 0.1) is 5.92 Å². The molecule has 0 rings (SSSR count). The second kappa shape index (κ2) is 5.71. The number of hydrogen-bond donors (Lipinski definition) is 2. The Balaban J connectivity index is 3.77. The number of Topliss-reactive ketones (excluding diaryl/α,β-unsaturated/α-hetero) is 1. The third-order valence-electron chi connectivity index (χ3n) is 1.60. The van der Waals surface area contributed by atoms with Crippen LogP contribution in [-0.4, -0.2) is 29.9 Å². The van der Waals surface area contributed by atoms with E-state index in [-0.39, 0.29) is 30.8 Å². The van der Waals surface area contributed by atoms with Gasteiger partial charge in [0, 0.05) is 0 Å². The van der Waals surface area contributed by atoms with Crippen molar-refractivity contribution in [3.63, 3.8) is 0 Å². The maximum absolute atomic E-state index is 11.1. The van der Waals surface area contributed by atoms with Gasteiger partial charge in [-0.25, -0.2) is 0 Å². The molecule has 0 radical (unpaired) electrons. The lowest BCUT2D eigenvalue weighted by atomic mass is 10.1. The molecule has 0 aliphatic rings. The number of aliphatic hydroxyl groups excluding tert-OH is 1. The standard InChI is InChI=1S/C8H15NO3/c1-3-7(5-10)8(12)9-4-6(2)11/h7,10H,3-5H2,1-2H3,(H,9,12). The van der Waals surface area contributed by atoms with E-state index in [0.29, 0.717) is 6.42 Å². The van der Waals surface area contributed by atoms with Crippen molar-refractivity contribution < 1.29 is 14.7 Å². The molecular weight excluding hydrogens is 158 g/mol. The van der Waals surface area contributed by atoms with E-state index in [1.54, 1.807) is 0 Å². The van der Waals surface area contributed by atoms with Gasteiger partial charge in [-0.05, 0) is 13.3 Å². The van der Waals surface area contributed by atoms with Crippen LogP contribution in [0.5, 0.6) is 0 Å². The van der Waals surface area contributed by atoms with Crippen LogP contribution in [0.25, 0.3) is 0 Å². The Bertz CT molecular complexity index is 164. The van der Waals surface area contributed by atoms with Crippen LogP contribution in [0.3, 0.4) is 0 Å². The fourth-order valence-electron chi connectivity index (χ4n) is 0.753. The van der Waals surface area contributed by atoms with Crippen LogP contribution in [0.15, 0.2) is 0 Å². The molecule has 0 aromatic carbocycles. The first kappa shape index (κ1) is 11.1. The highest BCUT2D eigenvalue weighted by molar-refractivity contribution is 5.85. The first-order chi connectivity index (χ1) is 5.61. The van der Waals surface area contributed by atoms with Crippen molar-refractivity contribution in [1.82, 2.24) is 5.32 Å². The molecule has 0 aromatic heterocycles. The molecule has 0 saturated heterocycles. The van der Waals surface area contributed by atoms with Gasteiger partial charge < -0.3 is 10.4 Å². The summed E-state index contributed by atoms with van der Waals surface area (Å²) in [6.45, 7) is 3.10. The van der Waals surface area contributed by atoms with E-state index in [2.05, 4.69) is 5.32 Å². The lowest BCUT2D eigenvalue weighted by molar-refractivity contribution is -0.128. The van der Waals surface area contributed by atoms with Crippen molar-refractivity contribution in [2.75, 3.05) is 13.2 Å². The summed E-state index contributed by atoms with van der Waals surface area (Å²) in [5, 5.41) is 11.2. The molecule has 4 heteroatoms. The Morgan fingerprint density at radius 2 is 2.08 bits per heavy atom. The monoisotopic (exact) mass is 173 g/mol. The van der Waals surface area contributed by atoms with Gasteiger partial charge in [0.2, 0.25) is 5.91 Å². The number of amides is 1. The smallest absolute Gasteiger partial charge is 0.225 e.